The zero-order valence-electron chi connectivity index (χ0n) is 8.03. The molecule has 0 bridgehead atoms. The Morgan fingerprint density at radius 2 is 0.421 bits per heavy atom. The van der Waals surface area contributed by atoms with Gasteiger partial charge in [-0.2, -0.15) is 0 Å². The zero-order valence-corrected chi connectivity index (χ0v) is 9.67. The summed E-state index contributed by atoms with van der Waals surface area (Å²) in [4.78, 5) is 24.8. The van der Waals surface area contributed by atoms with E-state index in [2.05, 4.69) is 0 Å². The van der Waals surface area contributed by atoms with Gasteiger partial charge in [0, 0.05) is 36.9 Å². The van der Waals surface area contributed by atoms with Crippen LogP contribution in [0.25, 0.3) is 0 Å². The molecule has 0 amide bonds. The second kappa shape index (κ2) is 73.6. The molecule has 0 saturated heterocycles. The molecule has 108 valence electrons. The van der Waals surface area contributed by atoms with Gasteiger partial charge in [0.2, 0.25) is 0 Å². The van der Waals surface area contributed by atoms with E-state index in [0.29, 0.717) is 0 Å². The number of rotatable bonds is 0. The summed E-state index contributed by atoms with van der Waals surface area (Å²) < 4.78 is 0. The molecule has 0 atom stereocenters. The summed E-state index contributed by atoms with van der Waals surface area (Å²) in [5.74, 6) is 0. The van der Waals surface area contributed by atoms with Crippen molar-refractivity contribution in [3.05, 3.63) is 46.0 Å². The number of hydrogen-bond donors (Lipinski definition) is 0. The zero-order chi connectivity index (χ0) is 10.7. The van der Waals surface area contributed by atoms with Crippen LogP contribution in [0.2, 0.25) is 0 Å². The van der Waals surface area contributed by atoms with Crippen LogP contribution in [0.4, 0.5) is 0 Å². The summed E-state index contributed by atoms with van der Waals surface area (Å²) in [6, 6.07) is 0. The first kappa shape index (κ1) is 89.0. The van der Waals surface area contributed by atoms with Crippen LogP contribution in [-0.4, -0.2) is 15.3 Å². The normalized spacial score (nSPS) is 3.79. The molecule has 0 aliphatic carbocycles. The van der Waals surface area contributed by atoms with Crippen LogP contribution in [-0.2, 0) is 19.5 Å². The van der Waals surface area contributed by atoms with Crippen LogP contribution in [0.15, 0.2) is 0 Å². The van der Waals surface area contributed by atoms with Gasteiger partial charge in [-0.3, -0.25) is 0 Å². The Bertz CT molecular complexity index is 121. The van der Waals surface area contributed by atoms with Crippen molar-refractivity contribution < 1.29 is 34.7 Å². The minimum absolute atomic E-state index is 0. The molecule has 0 rings (SSSR count). The topological polar surface area (TPSA) is 382 Å². The Balaban J connectivity index is -0.00000000675. The molecule has 0 spiro atoms. The van der Waals surface area contributed by atoms with Crippen molar-refractivity contribution >= 4 is 0 Å². The Morgan fingerprint density at radius 3 is 0.421 bits per heavy atom. The van der Waals surface area contributed by atoms with Crippen LogP contribution in [0.1, 0.15) is 0 Å². The summed E-state index contributed by atoms with van der Waals surface area (Å²) in [5.41, 5.74) is 0. The summed E-state index contributed by atoms with van der Waals surface area (Å²) >= 11 is 0. The predicted octanol–water partition coefficient (Wildman–Crippen LogP) is -3.60. The molecule has 18 radical (unpaired) electrons. The molecule has 0 saturated carbocycles. The molecule has 0 aliphatic heterocycles. The molecular weight excluding hydrogens is 373 g/mol. The molecule has 19 heavy (non-hydrogen) atoms. The molecule has 0 fully saturated rings. The molecule has 0 aromatic heterocycles. The maximum atomic E-state index is 8.25. The van der Waals surface area contributed by atoms with Gasteiger partial charge in [0.15, 0.2) is 0 Å². The third-order valence-electron chi connectivity index (χ3n) is 0. The van der Waals surface area contributed by atoms with E-state index in [1.54, 1.807) is 0 Å². The van der Waals surface area contributed by atoms with Crippen LogP contribution in [0.3, 0.4) is 0 Å². The molecule has 0 N–H and O–H groups in total. The molecule has 0 aromatic rings. The van der Waals surface area contributed by atoms with E-state index >= 15 is 0 Å². The van der Waals surface area contributed by atoms with E-state index in [9.17, 15) is 0 Å². The first-order valence-corrected chi connectivity index (χ1v) is 1.64. The minimum atomic E-state index is -1.75. The summed E-state index contributed by atoms with van der Waals surface area (Å²) in [6.07, 6.45) is 0. The van der Waals surface area contributed by atoms with Gasteiger partial charge in [-0.1, -0.05) is 0 Å². The van der Waals surface area contributed by atoms with Gasteiger partial charge < -0.3 is 46.0 Å². The Kier molecular flexibility index (Phi) is 345. The first-order chi connectivity index (χ1) is 5.20. The van der Waals surface area contributed by atoms with Crippen molar-refractivity contribution in [1.82, 2.24) is 36.9 Å². The monoisotopic (exact) mass is 373 g/mol. The van der Waals surface area contributed by atoms with Gasteiger partial charge >= 0.3 is 19.5 Å². The Labute approximate surface area is 118 Å². The predicted molar refractivity (Wildman–Crippen MR) is 43.9 cm³/mol. The SMILES string of the molecule is O=[N+]([O-])[O-].O=[N+]([O-])[O-].O=[N+]([O-])[O-].[N].[N].[N].[N].[N].[N].[Rh+3]. The molecule has 18 nitrogen and oxygen atoms in total. The second-order valence-electron chi connectivity index (χ2n) is 0.671. The quantitative estimate of drug-likeness (QED) is 0.229. The van der Waals surface area contributed by atoms with E-state index < -0.39 is 15.3 Å². The average molecular weight is 373 g/mol. The van der Waals surface area contributed by atoms with Gasteiger partial charge in [-0.25, -0.2) is 0 Å². The molecular formula is N9O9Rh. The van der Waals surface area contributed by atoms with Crippen molar-refractivity contribution in [2.24, 2.45) is 0 Å². The van der Waals surface area contributed by atoms with E-state index in [4.69, 9.17) is 46.0 Å². The molecule has 0 unspecified atom stereocenters. The molecule has 0 aliphatic rings. The number of nitrogens with zero attached hydrogens (tertiary/aromatic N) is 9. The van der Waals surface area contributed by atoms with Crippen LogP contribution in [0, 0.1) is 46.0 Å². The third-order valence-corrected chi connectivity index (χ3v) is 0. The van der Waals surface area contributed by atoms with Crippen LogP contribution in [0.5, 0.6) is 0 Å². The Morgan fingerprint density at radius 1 is 0.421 bits per heavy atom. The van der Waals surface area contributed by atoms with Crippen LogP contribution < -0.4 is 36.9 Å². The smallest absolute Gasteiger partial charge is 0.356 e. The maximum absolute atomic E-state index is 8.25. The van der Waals surface area contributed by atoms with E-state index in [1.807, 2.05) is 0 Å². The van der Waals surface area contributed by atoms with Gasteiger partial charge in [0.05, 0.1) is 15.3 Å². The van der Waals surface area contributed by atoms with Crippen molar-refractivity contribution in [2.45, 2.75) is 0 Å². The molecule has 0 heterocycles. The van der Waals surface area contributed by atoms with Crippen molar-refractivity contribution in [2.75, 3.05) is 0 Å². The van der Waals surface area contributed by atoms with Crippen LogP contribution >= 0.6 is 0 Å². The fraction of sp³-hybridized carbons (Fsp3) is 0. The molecule has 19 heteroatoms. The standard InChI is InChI=1S/3NO3.6N.Rh/c3*2-1(3)4;;;;;;;/q3*-1;;;;;;;+3. The van der Waals surface area contributed by atoms with Gasteiger partial charge in [0.25, 0.3) is 0 Å². The van der Waals surface area contributed by atoms with Gasteiger partial charge in [-0.15, -0.1) is 0 Å². The maximum Gasteiger partial charge on any atom is 3.00 e. The van der Waals surface area contributed by atoms with E-state index in [1.165, 1.54) is 0 Å². The average Bonchev–Trinajstić information content (AvgIpc) is 1.54. The van der Waals surface area contributed by atoms with Crippen molar-refractivity contribution in [3.63, 3.8) is 0 Å². The fourth-order valence-electron chi connectivity index (χ4n) is 0. The summed E-state index contributed by atoms with van der Waals surface area (Å²) in [7, 11) is 0. The minimum Gasteiger partial charge on any atom is -0.356 e. The summed E-state index contributed by atoms with van der Waals surface area (Å²) in [5, 5.41) is 44.2. The van der Waals surface area contributed by atoms with Gasteiger partial charge in [-0.05, 0) is 0 Å². The van der Waals surface area contributed by atoms with E-state index in [0.717, 1.165) is 0 Å². The molecule has 0 aromatic carbocycles. The van der Waals surface area contributed by atoms with Crippen molar-refractivity contribution in [1.29, 1.82) is 0 Å². The largest absolute Gasteiger partial charge is 3.00 e. The first-order valence-electron chi connectivity index (χ1n) is 1.64. The number of hydrogen-bond acceptors (Lipinski definition) is 9. The summed E-state index contributed by atoms with van der Waals surface area (Å²) in [6.45, 7) is 0. The third kappa shape index (κ3) is 768. The Hall–Kier alpha value is -2.02. The van der Waals surface area contributed by atoms with E-state index in [-0.39, 0.29) is 56.4 Å². The van der Waals surface area contributed by atoms with Crippen molar-refractivity contribution in [3.8, 4) is 0 Å². The second-order valence-corrected chi connectivity index (χ2v) is 0.671. The van der Waals surface area contributed by atoms with Gasteiger partial charge in [0.1, 0.15) is 0 Å². The fourth-order valence-corrected chi connectivity index (χ4v) is 0.